The molecule has 1 saturated heterocycles. The Morgan fingerprint density at radius 2 is 2.17 bits per heavy atom. The highest BCUT2D eigenvalue weighted by molar-refractivity contribution is 5.72. The molecule has 0 aliphatic carbocycles. The number of hydrogen-bond acceptors (Lipinski definition) is 4. The van der Waals surface area contributed by atoms with Crippen molar-refractivity contribution >= 4 is 11.6 Å². The van der Waals surface area contributed by atoms with Gasteiger partial charge in [0, 0.05) is 52.4 Å². The van der Waals surface area contributed by atoms with Crippen molar-refractivity contribution in [3.05, 3.63) is 24.5 Å². The van der Waals surface area contributed by atoms with Crippen molar-refractivity contribution in [1.29, 1.82) is 0 Å². The van der Waals surface area contributed by atoms with Gasteiger partial charge in [0.1, 0.15) is 0 Å². The molecule has 5 nitrogen and oxygen atoms in total. The van der Waals surface area contributed by atoms with Crippen LogP contribution in [0, 0.1) is 0 Å². The number of nitrogens with one attached hydrogen (secondary N) is 1. The van der Waals surface area contributed by atoms with Gasteiger partial charge in [-0.15, -0.1) is 0 Å². The highest BCUT2D eigenvalue weighted by atomic mass is 16.1. The largest absolute Gasteiger partial charge is 0.368 e. The van der Waals surface area contributed by atoms with Gasteiger partial charge in [0.25, 0.3) is 0 Å². The summed E-state index contributed by atoms with van der Waals surface area (Å²) in [4.78, 5) is 19.6. The van der Waals surface area contributed by atoms with Crippen LogP contribution >= 0.6 is 0 Å². The first-order valence-corrected chi connectivity index (χ1v) is 6.37. The number of rotatable bonds is 4. The van der Waals surface area contributed by atoms with E-state index in [0.717, 1.165) is 39.3 Å². The van der Waals surface area contributed by atoms with Crippen molar-refractivity contribution in [2.24, 2.45) is 0 Å². The fourth-order valence-corrected chi connectivity index (χ4v) is 2.16. The summed E-state index contributed by atoms with van der Waals surface area (Å²) in [5.74, 6) is 0.0454. The van der Waals surface area contributed by atoms with Crippen LogP contribution in [0.15, 0.2) is 24.5 Å². The molecule has 1 aromatic rings. The molecule has 1 fully saturated rings. The van der Waals surface area contributed by atoms with Crippen molar-refractivity contribution < 1.29 is 4.79 Å². The van der Waals surface area contributed by atoms with Gasteiger partial charge in [-0.25, -0.2) is 0 Å². The van der Waals surface area contributed by atoms with Crippen LogP contribution in [0.2, 0.25) is 0 Å². The van der Waals surface area contributed by atoms with Gasteiger partial charge in [0.2, 0.25) is 5.91 Å². The van der Waals surface area contributed by atoms with Crippen LogP contribution in [-0.2, 0) is 4.79 Å². The molecule has 18 heavy (non-hydrogen) atoms. The van der Waals surface area contributed by atoms with E-state index in [2.05, 4.69) is 26.2 Å². The molecular weight excluding hydrogens is 228 g/mol. The molecule has 0 saturated carbocycles. The minimum Gasteiger partial charge on any atom is -0.368 e. The van der Waals surface area contributed by atoms with Crippen molar-refractivity contribution in [3.8, 4) is 0 Å². The lowest BCUT2D eigenvalue weighted by Crippen LogP contribution is -2.48. The summed E-state index contributed by atoms with van der Waals surface area (Å²) >= 11 is 0. The average molecular weight is 248 g/mol. The molecule has 1 N–H and O–H groups in total. The first-order valence-electron chi connectivity index (χ1n) is 6.37. The summed E-state index contributed by atoms with van der Waals surface area (Å²) in [5.41, 5.74) is 1.19. The second-order valence-electron chi connectivity index (χ2n) is 4.52. The Labute approximate surface area is 108 Å². The lowest BCUT2D eigenvalue weighted by atomic mass is 10.2. The Morgan fingerprint density at radius 1 is 1.39 bits per heavy atom. The number of nitrogens with zero attached hydrogens (tertiary/aromatic N) is 3. The van der Waals surface area contributed by atoms with E-state index >= 15 is 0 Å². The van der Waals surface area contributed by atoms with E-state index in [0.29, 0.717) is 0 Å². The third kappa shape index (κ3) is 3.70. The van der Waals surface area contributed by atoms with Crippen LogP contribution in [0.5, 0.6) is 0 Å². The molecule has 1 aromatic heterocycles. The highest BCUT2D eigenvalue weighted by Crippen LogP contribution is 2.13. The molecule has 0 atom stereocenters. The van der Waals surface area contributed by atoms with E-state index in [-0.39, 0.29) is 5.91 Å². The van der Waals surface area contributed by atoms with Crippen molar-refractivity contribution in [1.82, 2.24) is 15.2 Å². The lowest BCUT2D eigenvalue weighted by Gasteiger charge is -2.35. The number of amides is 1. The van der Waals surface area contributed by atoms with Crippen LogP contribution in [0.25, 0.3) is 0 Å². The molecule has 0 radical (unpaired) electrons. The van der Waals surface area contributed by atoms with Gasteiger partial charge in [0.15, 0.2) is 0 Å². The summed E-state index contributed by atoms with van der Waals surface area (Å²) in [7, 11) is 0. The van der Waals surface area contributed by atoms with E-state index in [1.54, 1.807) is 13.1 Å². The van der Waals surface area contributed by atoms with Crippen molar-refractivity contribution in [3.63, 3.8) is 0 Å². The molecule has 1 amide bonds. The molecule has 2 heterocycles. The number of aromatic nitrogens is 1. The van der Waals surface area contributed by atoms with Crippen molar-refractivity contribution in [2.45, 2.75) is 6.92 Å². The Morgan fingerprint density at radius 3 is 2.78 bits per heavy atom. The maximum absolute atomic E-state index is 10.8. The topological polar surface area (TPSA) is 48.5 Å². The lowest BCUT2D eigenvalue weighted by molar-refractivity contribution is -0.119. The van der Waals surface area contributed by atoms with Gasteiger partial charge < -0.3 is 10.2 Å². The number of hydrogen-bond donors (Lipinski definition) is 1. The fourth-order valence-electron chi connectivity index (χ4n) is 2.16. The summed E-state index contributed by atoms with van der Waals surface area (Å²) < 4.78 is 0. The summed E-state index contributed by atoms with van der Waals surface area (Å²) in [6.07, 6.45) is 3.71. The number of carbonyl (C=O) groups is 1. The number of piperazine rings is 1. The maximum Gasteiger partial charge on any atom is 0.216 e. The summed E-state index contributed by atoms with van der Waals surface area (Å²) in [5, 5.41) is 2.83. The van der Waals surface area contributed by atoms with E-state index < -0.39 is 0 Å². The normalized spacial score (nSPS) is 16.6. The highest BCUT2D eigenvalue weighted by Gasteiger charge is 2.16. The molecule has 0 spiro atoms. The maximum atomic E-state index is 10.8. The molecule has 5 heteroatoms. The van der Waals surface area contributed by atoms with Crippen LogP contribution in [0.4, 0.5) is 5.69 Å². The number of pyridine rings is 1. The molecular formula is C13H20N4O. The molecule has 0 unspecified atom stereocenters. The minimum absolute atomic E-state index is 0.0454. The van der Waals surface area contributed by atoms with Crippen LogP contribution in [0.1, 0.15) is 6.92 Å². The first-order chi connectivity index (χ1) is 8.75. The molecule has 2 rings (SSSR count). The Kier molecular flexibility index (Phi) is 4.52. The van der Waals surface area contributed by atoms with E-state index in [1.165, 1.54) is 5.69 Å². The van der Waals surface area contributed by atoms with Gasteiger partial charge in [0.05, 0.1) is 11.9 Å². The zero-order chi connectivity index (χ0) is 12.8. The van der Waals surface area contributed by atoms with Gasteiger partial charge in [-0.3, -0.25) is 14.7 Å². The van der Waals surface area contributed by atoms with Gasteiger partial charge in [-0.2, -0.15) is 0 Å². The number of carbonyl (C=O) groups excluding carboxylic acids is 1. The standard InChI is InChI=1S/C13H20N4O/c1-12(18)15-5-6-16-7-9-17(10-8-16)13-3-2-4-14-11-13/h2-4,11H,5-10H2,1H3,(H,15,18). The summed E-state index contributed by atoms with van der Waals surface area (Å²) in [6.45, 7) is 7.34. The monoisotopic (exact) mass is 248 g/mol. The third-order valence-electron chi connectivity index (χ3n) is 3.19. The van der Waals surface area contributed by atoms with Gasteiger partial charge in [-0.1, -0.05) is 0 Å². The zero-order valence-corrected chi connectivity index (χ0v) is 10.8. The minimum atomic E-state index is 0.0454. The second-order valence-corrected chi connectivity index (χ2v) is 4.52. The third-order valence-corrected chi connectivity index (χ3v) is 3.19. The van der Waals surface area contributed by atoms with Gasteiger partial charge in [-0.05, 0) is 12.1 Å². The van der Waals surface area contributed by atoms with Crippen LogP contribution in [-0.4, -0.2) is 55.1 Å². The molecule has 0 aromatic carbocycles. The van der Waals surface area contributed by atoms with Gasteiger partial charge >= 0.3 is 0 Å². The Hall–Kier alpha value is -1.62. The average Bonchev–Trinajstić information content (AvgIpc) is 2.40. The Balaban J connectivity index is 1.73. The predicted molar refractivity (Wildman–Crippen MR) is 71.6 cm³/mol. The molecule has 0 bridgehead atoms. The van der Waals surface area contributed by atoms with Crippen LogP contribution < -0.4 is 10.2 Å². The summed E-state index contributed by atoms with van der Waals surface area (Å²) in [6, 6.07) is 4.07. The smallest absolute Gasteiger partial charge is 0.216 e. The second kappa shape index (κ2) is 6.35. The fraction of sp³-hybridized carbons (Fsp3) is 0.538. The first kappa shape index (κ1) is 12.8. The van der Waals surface area contributed by atoms with E-state index in [9.17, 15) is 4.79 Å². The van der Waals surface area contributed by atoms with Crippen molar-refractivity contribution in [2.75, 3.05) is 44.2 Å². The number of anilines is 1. The molecule has 1 aliphatic heterocycles. The quantitative estimate of drug-likeness (QED) is 0.835. The zero-order valence-electron chi connectivity index (χ0n) is 10.8. The van der Waals surface area contributed by atoms with E-state index in [4.69, 9.17) is 0 Å². The van der Waals surface area contributed by atoms with E-state index in [1.807, 2.05) is 12.3 Å². The molecule has 98 valence electrons. The van der Waals surface area contributed by atoms with Crippen LogP contribution in [0.3, 0.4) is 0 Å². The predicted octanol–water partition coefficient (Wildman–Crippen LogP) is 0.340. The Bertz CT molecular complexity index is 374. The molecule has 1 aliphatic rings. The SMILES string of the molecule is CC(=O)NCCN1CCN(c2cccnc2)CC1.